The number of aryl methyl sites for hydroxylation is 1. The molecule has 0 aromatic heterocycles. The number of aliphatic carboxylic acids is 1. The van der Waals surface area contributed by atoms with Crippen LogP contribution in [0, 0.1) is 5.92 Å². The van der Waals surface area contributed by atoms with Gasteiger partial charge >= 0.3 is 12.0 Å². The van der Waals surface area contributed by atoms with Crippen LogP contribution in [0.3, 0.4) is 0 Å². The maximum absolute atomic E-state index is 12.9. The zero-order valence-corrected chi connectivity index (χ0v) is 15.1. The normalized spacial score (nSPS) is 25.2. The molecule has 6 heteroatoms. The molecule has 26 heavy (non-hydrogen) atoms. The fraction of sp³-hybridized carbons (Fsp3) is 0.600. The summed E-state index contributed by atoms with van der Waals surface area (Å²) in [7, 11) is 0. The molecule has 142 valence electrons. The monoisotopic (exact) mass is 360 g/mol. The van der Waals surface area contributed by atoms with Crippen LogP contribution < -0.4 is 5.32 Å². The molecule has 1 aromatic carbocycles. The van der Waals surface area contributed by atoms with E-state index >= 15 is 0 Å². The molecule has 0 spiro atoms. The lowest BCUT2D eigenvalue weighted by atomic mass is 9.86. The molecular weight excluding hydrogens is 332 g/mol. The van der Waals surface area contributed by atoms with E-state index in [1.807, 2.05) is 12.1 Å². The van der Waals surface area contributed by atoms with Gasteiger partial charge in [0.15, 0.2) is 0 Å². The highest BCUT2D eigenvalue weighted by atomic mass is 16.4. The lowest BCUT2D eigenvalue weighted by molar-refractivity contribution is -0.142. The Morgan fingerprint density at radius 1 is 1.12 bits per heavy atom. The average Bonchev–Trinajstić information content (AvgIpc) is 2.66. The SMILES string of the molecule is O=C(O)C1CCC(NC(=O)N(CCO)C2CCCc3ccccc32)CC1. The third-order valence-electron chi connectivity index (χ3n) is 5.72. The van der Waals surface area contributed by atoms with E-state index in [9.17, 15) is 14.7 Å². The minimum Gasteiger partial charge on any atom is -0.481 e. The number of carbonyl (C=O) groups excluding carboxylic acids is 1. The van der Waals surface area contributed by atoms with Crippen LogP contribution in [0.15, 0.2) is 24.3 Å². The number of nitrogens with one attached hydrogen (secondary N) is 1. The quantitative estimate of drug-likeness (QED) is 0.753. The summed E-state index contributed by atoms with van der Waals surface area (Å²) in [4.78, 5) is 25.7. The first-order valence-corrected chi connectivity index (χ1v) is 9.58. The van der Waals surface area contributed by atoms with Gasteiger partial charge in [-0.1, -0.05) is 24.3 Å². The van der Waals surface area contributed by atoms with Crippen molar-refractivity contribution in [3.8, 4) is 0 Å². The Labute approximate surface area is 154 Å². The van der Waals surface area contributed by atoms with Crippen LogP contribution in [0.2, 0.25) is 0 Å². The van der Waals surface area contributed by atoms with Gasteiger partial charge in [0.25, 0.3) is 0 Å². The number of nitrogens with zero attached hydrogens (tertiary/aromatic N) is 1. The molecule has 1 aromatic rings. The Kier molecular flexibility index (Phi) is 6.14. The molecule has 6 nitrogen and oxygen atoms in total. The Bertz CT molecular complexity index is 640. The average molecular weight is 360 g/mol. The van der Waals surface area contributed by atoms with Gasteiger partial charge < -0.3 is 20.4 Å². The third-order valence-corrected chi connectivity index (χ3v) is 5.72. The highest BCUT2D eigenvalue weighted by Crippen LogP contribution is 2.34. The Morgan fingerprint density at radius 2 is 1.85 bits per heavy atom. The Balaban J connectivity index is 1.67. The molecule has 2 aliphatic carbocycles. The van der Waals surface area contributed by atoms with Gasteiger partial charge in [0, 0.05) is 12.6 Å². The van der Waals surface area contributed by atoms with E-state index in [0.29, 0.717) is 32.2 Å². The lowest BCUT2D eigenvalue weighted by Gasteiger charge is -2.37. The second-order valence-electron chi connectivity index (χ2n) is 7.36. The van der Waals surface area contributed by atoms with Gasteiger partial charge in [-0.05, 0) is 56.1 Å². The number of aliphatic hydroxyl groups is 1. The first-order chi connectivity index (χ1) is 12.6. The molecule has 2 amide bonds. The van der Waals surface area contributed by atoms with Crippen molar-refractivity contribution in [2.45, 2.75) is 57.0 Å². The van der Waals surface area contributed by atoms with Crippen molar-refractivity contribution in [1.82, 2.24) is 10.2 Å². The van der Waals surface area contributed by atoms with Crippen molar-refractivity contribution in [3.63, 3.8) is 0 Å². The number of amides is 2. The van der Waals surface area contributed by atoms with Crippen molar-refractivity contribution in [2.24, 2.45) is 5.92 Å². The van der Waals surface area contributed by atoms with E-state index in [1.165, 1.54) is 11.1 Å². The van der Waals surface area contributed by atoms with E-state index in [0.717, 1.165) is 19.3 Å². The zero-order valence-electron chi connectivity index (χ0n) is 15.1. The number of hydrogen-bond acceptors (Lipinski definition) is 3. The zero-order chi connectivity index (χ0) is 18.5. The molecule has 0 heterocycles. The van der Waals surface area contributed by atoms with Gasteiger partial charge in [-0.25, -0.2) is 4.79 Å². The second-order valence-corrected chi connectivity index (χ2v) is 7.36. The van der Waals surface area contributed by atoms with Crippen LogP contribution in [0.4, 0.5) is 4.79 Å². The smallest absolute Gasteiger partial charge is 0.318 e. The summed E-state index contributed by atoms with van der Waals surface area (Å²) in [6.07, 6.45) is 5.55. The number of carboxylic acid groups (broad SMARTS) is 1. The van der Waals surface area contributed by atoms with E-state index < -0.39 is 5.97 Å². The second kappa shape index (κ2) is 8.54. The molecule has 1 atom stereocenters. The number of carboxylic acids is 1. The van der Waals surface area contributed by atoms with Crippen molar-refractivity contribution in [1.29, 1.82) is 0 Å². The number of fused-ring (bicyclic) bond motifs is 1. The Morgan fingerprint density at radius 3 is 2.54 bits per heavy atom. The van der Waals surface area contributed by atoms with Crippen molar-refractivity contribution < 1.29 is 19.8 Å². The molecule has 0 aliphatic heterocycles. The molecule has 1 unspecified atom stereocenters. The molecule has 0 radical (unpaired) electrons. The standard InChI is InChI=1S/C20H28N2O4/c23-13-12-22(18-7-3-5-14-4-1-2-6-17(14)18)20(26)21-16-10-8-15(9-11-16)19(24)25/h1-2,4,6,15-16,18,23H,3,5,7-13H2,(H,21,26)(H,24,25). The largest absolute Gasteiger partial charge is 0.481 e. The topological polar surface area (TPSA) is 89.9 Å². The highest BCUT2D eigenvalue weighted by Gasteiger charge is 2.31. The van der Waals surface area contributed by atoms with Gasteiger partial charge in [0.2, 0.25) is 0 Å². The minimum absolute atomic E-state index is 0.0116. The fourth-order valence-electron chi connectivity index (χ4n) is 4.30. The highest BCUT2D eigenvalue weighted by molar-refractivity contribution is 5.75. The molecule has 0 saturated heterocycles. The first kappa shape index (κ1) is 18.7. The van der Waals surface area contributed by atoms with Crippen molar-refractivity contribution >= 4 is 12.0 Å². The van der Waals surface area contributed by atoms with E-state index in [4.69, 9.17) is 5.11 Å². The number of benzene rings is 1. The minimum atomic E-state index is -0.740. The first-order valence-electron chi connectivity index (χ1n) is 9.58. The van der Waals surface area contributed by atoms with E-state index in [1.54, 1.807) is 4.90 Å². The van der Waals surface area contributed by atoms with Crippen LogP contribution >= 0.6 is 0 Å². The number of hydrogen-bond donors (Lipinski definition) is 3. The molecule has 1 fully saturated rings. The summed E-state index contributed by atoms with van der Waals surface area (Å²) in [6.45, 7) is 0.229. The maximum Gasteiger partial charge on any atom is 0.318 e. The summed E-state index contributed by atoms with van der Waals surface area (Å²) >= 11 is 0. The number of urea groups is 1. The molecule has 0 bridgehead atoms. The van der Waals surface area contributed by atoms with Crippen LogP contribution in [-0.4, -0.2) is 46.3 Å². The predicted molar refractivity (Wildman–Crippen MR) is 97.8 cm³/mol. The van der Waals surface area contributed by atoms with Gasteiger partial charge in [-0.3, -0.25) is 4.79 Å². The Hall–Kier alpha value is -2.08. The van der Waals surface area contributed by atoms with Crippen LogP contribution in [-0.2, 0) is 11.2 Å². The number of rotatable bonds is 5. The summed E-state index contributed by atoms with van der Waals surface area (Å²) in [6, 6.07) is 8.07. The molecular formula is C20H28N2O4. The maximum atomic E-state index is 12.9. The van der Waals surface area contributed by atoms with Gasteiger partial charge in [-0.15, -0.1) is 0 Å². The van der Waals surface area contributed by atoms with Crippen molar-refractivity contribution in [3.05, 3.63) is 35.4 Å². The summed E-state index contributed by atoms with van der Waals surface area (Å²) in [5.41, 5.74) is 2.46. The van der Waals surface area contributed by atoms with Crippen LogP contribution in [0.1, 0.15) is 55.7 Å². The summed E-state index contributed by atoms with van der Waals surface area (Å²) in [5, 5.41) is 21.7. The predicted octanol–water partition coefficient (Wildman–Crippen LogP) is 2.71. The summed E-state index contributed by atoms with van der Waals surface area (Å²) in [5.74, 6) is -1.03. The molecule has 2 aliphatic rings. The van der Waals surface area contributed by atoms with Gasteiger partial charge in [-0.2, -0.15) is 0 Å². The number of aliphatic hydroxyl groups excluding tert-OH is 1. The van der Waals surface area contributed by atoms with E-state index in [-0.39, 0.29) is 30.6 Å². The molecule has 3 rings (SSSR count). The number of carbonyl (C=O) groups is 2. The molecule has 1 saturated carbocycles. The lowest BCUT2D eigenvalue weighted by Crippen LogP contribution is -2.49. The van der Waals surface area contributed by atoms with Gasteiger partial charge in [0.05, 0.1) is 18.6 Å². The van der Waals surface area contributed by atoms with E-state index in [2.05, 4.69) is 17.4 Å². The van der Waals surface area contributed by atoms with Crippen LogP contribution in [0.5, 0.6) is 0 Å². The van der Waals surface area contributed by atoms with Crippen molar-refractivity contribution in [2.75, 3.05) is 13.2 Å². The van der Waals surface area contributed by atoms with Crippen LogP contribution in [0.25, 0.3) is 0 Å². The summed E-state index contributed by atoms with van der Waals surface area (Å²) < 4.78 is 0. The third kappa shape index (κ3) is 4.18. The van der Waals surface area contributed by atoms with Gasteiger partial charge in [0.1, 0.15) is 0 Å². The fourth-order valence-corrected chi connectivity index (χ4v) is 4.30. The molecule has 3 N–H and O–H groups in total.